The summed E-state index contributed by atoms with van der Waals surface area (Å²) in [6, 6.07) is 6.09. The molecule has 2 rings (SSSR count). The number of carbonyl (C=O) groups excluding carboxylic acids is 1. The molecular formula is C14H21ClN2O. The topological polar surface area (TPSA) is 41.1 Å². The van der Waals surface area contributed by atoms with Crippen LogP contribution >= 0.6 is 12.4 Å². The molecule has 0 saturated carbocycles. The lowest BCUT2D eigenvalue weighted by atomic mass is 9.88. The molecule has 1 aliphatic rings. The molecule has 1 saturated heterocycles. The maximum absolute atomic E-state index is 12.0. The zero-order valence-corrected chi connectivity index (χ0v) is 11.9. The van der Waals surface area contributed by atoms with Crippen LogP contribution in [0.5, 0.6) is 0 Å². The maximum Gasteiger partial charge on any atom is 0.227 e. The summed E-state index contributed by atoms with van der Waals surface area (Å²) in [6.45, 7) is 8.01. The number of hydrogen-bond donors (Lipinski definition) is 2. The van der Waals surface area contributed by atoms with Crippen LogP contribution in [0.4, 0.5) is 5.69 Å². The first kappa shape index (κ1) is 15.0. The molecule has 1 unspecified atom stereocenters. The Morgan fingerprint density at radius 2 is 2.06 bits per heavy atom. The van der Waals surface area contributed by atoms with Gasteiger partial charge in [0.15, 0.2) is 0 Å². The second-order valence-electron chi connectivity index (χ2n) is 5.01. The van der Waals surface area contributed by atoms with Gasteiger partial charge in [0, 0.05) is 11.6 Å². The number of benzene rings is 1. The highest BCUT2D eigenvalue weighted by Gasteiger charge is 2.28. The first-order chi connectivity index (χ1) is 8.08. The van der Waals surface area contributed by atoms with Crippen LogP contribution in [0.3, 0.4) is 0 Å². The molecule has 1 aromatic carbocycles. The Kier molecular flexibility index (Phi) is 5.17. The molecular weight excluding hydrogens is 248 g/mol. The monoisotopic (exact) mass is 268 g/mol. The number of aryl methyl sites for hydroxylation is 2. The van der Waals surface area contributed by atoms with E-state index in [0.717, 1.165) is 24.3 Å². The van der Waals surface area contributed by atoms with E-state index in [1.807, 2.05) is 26.0 Å². The zero-order chi connectivity index (χ0) is 12.4. The zero-order valence-electron chi connectivity index (χ0n) is 11.1. The van der Waals surface area contributed by atoms with Gasteiger partial charge in [-0.25, -0.2) is 0 Å². The van der Waals surface area contributed by atoms with Crippen molar-refractivity contribution < 1.29 is 4.79 Å². The second-order valence-corrected chi connectivity index (χ2v) is 5.01. The number of nitrogens with one attached hydrogen (secondary N) is 2. The average molecular weight is 269 g/mol. The lowest BCUT2D eigenvalue weighted by Crippen LogP contribution is -2.48. The predicted octanol–water partition coefficient (Wildman–Crippen LogP) is 2.52. The fraction of sp³-hybridized carbons (Fsp3) is 0.500. The van der Waals surface area contributed by atoms with Crippen LogP contribution in [0.2, 0.25) is 0 Å². The molecule has 18 heavy (non-hydrogen) atoms. The minimum Gasteiger partial charge on any atom is -0.326 e. The van der Waals surface area contributed by atoms with Crippen LogP contribution in [0.25, 0.3) is 0 Å². The third kappa shape index (κ3) is 3.24. The van der Waals surface area contributed by atoms with Gasteiger partial charge in [0.05, 0.1) is 0 Å². The maximum atomic E-state index is 12.0. The number of amides is 1. The summed E-state index contributed by atoms with van der Waals surface area (Å²) in [6.07, 6.45) is 0. The molecule has 1 fully saturated rings. The molecule has 1 heterocycles. The summed E-state index contributed by atoms with van der Waals surface area (Å²) in [4.78, 5) is 12.0. The van der Waals surface area contributed by atoms with Crippen LogP contribution < -0.4 is 10.6 Å². The van der Waals surface area contributed by atoms with Crippen molar-refractivity contribution in [3.63, 3.8) is 0 Å². The number of hydrogen-bond acceptors (Lipinski definition) is 2. The van der Waals surface area contributed by atoms with E-state index in [-0.39, 0.29) is 24.2 Å². The molecule has 3 nitrogen and oxygen atoms in total. The van der Waals surface area contributed by atoms with Crippen molar-refractivity contribution in [2.45, 2.75) is 20.8 Å². The molecule has 0 aliphatic carbocycles. The largest absolute Gasteiger partial charge is 0.326 e. The van der Waals surface area contributed by atoms with Gasteiger partial charge in [0.1, 0.15) is 0 Å². The SMILES string of the molecule is Cc1ccc(NC(=O)C(C)C2CNC2)c(C)c1.Cl. The van der Waals surface area contributed by atoms with Crippen LogP contribution in [0.1, 0.15) is 18.1 Å². The predicted molar refractivity (Wildman–Crippen MR) is 77.3 cm³/mol. The van der Waals surface area contributed by atoms with Crippen LogP contribution in [0.15, 0.2) is 18.2 Å². The number of halogens is 1. The molecule has 1 atom stereocenters. The van der Waals surface area contributed by atoms with E-state index in [1.165, 1.54) is 5.56 Å². The van der Waals surface area contributed by atoms with Crippen molar-refractivity contribution in [3.05, 3.63) is 29.3 Å². The normalized spacial score (nSPS) is 16.4. The fourth-order valence-corrected chi connectivity index (χ4v) is 2.08. The first-order valence-corrected chi connectivity index (χ1v) is 6.17. The van der Waals surface area contributed by atoms with Gasteiger partial charge in [-0.2, -0.15) is 0 Å². The minimum absolute atomic E-state index is 0. The van der Waals surface area contributed by atoms with Gasteiger partial charge in [-0.1, -0.05) is 24.6 Å². The number of anilines is 1. The summed E-state index contributed by atoms with van der Waals surface area (Å²) < 4.78 is 0. The van der Waals surface area contributed by atoms with Gasteiger partial charge >= 0.3 is 0 Å². The van der Waals surface area contributed by atoms with Gasteiger partial charge in [0.2, 0.25) is 5.91 Å². The highest BCUT2D eigenvalue weighted by molar-refractivity contribution is 5.93. The molecule has 4 heteroatoms. The Balaban J connectivity index is 0.00000162. The first-order valence-electron chi connectivity index (χ1n) is 6.17. The average Bonchev–Trinajstić information content (AvgIpc) is 2.19. The van der Waals surface area contributed by atoms with Crippen LogP contribution in [-0.2, 0) is 4.79 Å². The van der Waals surface area contributed by atoms with E-state index in [0.29, 0.717) is 5.92 Å². The third-order valence-corrected chi connectivity index (χ3v) is 3.57. The van der Waals surface area contributed by atoms with Crippen molar-refractivity contribution >= 4 is 24.0 Å². The summed E-state index contributed by atoms with van der Waals surface area (Å²) in [5.41, 5.74) is 3.27. The minimum atomic E-state index is 0. The smallest absolute Gasteiger partial charge is 0.227 e. The molecule has 0 spiro atoms. The lowest BCUT2D eigenvalue weighted by molar-refractivity contribution is -0.121. The Labute approximate surface area is 115 Å². The summed E-state index contributed by atoms with van der Waals surface area (Å²) in [7, 11) is 0. The van der Waals surface area contributed by atoms with Crippen molar-refractivity contribution in [1.29, 1.82) is 0 Å². The molecule has 1 aliphatic heterocycles. The summed E-state index contributed by atoms with van der Waals surface area (Å²) in [5, 5.41) is 6.22. The molecule has 1 amide bonds. The molecule has 0 bridgehead atoms. The van der Waals surface area contributed by atoms with E-state index in [1.54, 1.807) is 0 Å². The summed E-state index contributed by atoms with van der Waals surface area (Å²) in [5.74, 6) is 0.696. The highest BCUT2D eigenvalue weighted by atomic mass is 35.5. The van der Waals surface area contributed by atoms with Crippen molar-refractivity contribution in [1.82, 2.24) is 5.32 Å². The Bertz CT molecular complexity index is 430. The molecule has 2 N–H and O–H groups in total. The van der Waals surface area contributed by atoms with Gasteiger partial charge < -0.3 is 10.6 Å². The third-order valence-electron chi connectivity index (χ3n) is 3.57. The number of rotatable bonds is 3. The van der Waals surface area contributed by atoms with Gasteiger partial charge in [-0.3, -0.25) is 4.79 Å². The Hall–Kier alpha value is -1.06. The van der Waals surface area contributed by atoms with Crippen molar-refractivity contribution in [2.75, 3.05) is 18.4 Å². The van der Waals surface area contributed by atoms with E-state index >= 15 is 0 Å². The summed E-state index contributed by atoms with van der Waals surface area (Å²) >= 11 is 0. The number of carbonyl (C=O) groups is 1. The van der Waals surface area contributed by atoms with Gasteiger partial charge in [-0.15, -0.1) is 12.4 Å². The molecule has 100 valence electrons. The second kappa shape index (κ2) is 6.21. The lowest BCUT2D eigenvalue weighted by Gasteiger charge is -2.31. The molecule has 0 radical (unpaired) electrons. The van der Waals surface area contributed by atoms with Crippen molar-refractivity contribution in [3.8, 4) is 0 Å². The van der Waals surface area contributed by atoms with Gasteiger partial charge in [0.25, 0.3) is 0 Å². The van der Waals surface area contributed by atoms with E-state index in [9.17, 15) is 4.79 Å². The molecule has 1 aromatic rings. The molecule has 0 aromatic heterocycles. The van der Waals surface area contributed by atoms with E-state index in [4.69, 9.17) is 0 Å². The van der Waals surface area contributed by atoms with E-state index < -0.39 is 0 Å². The Morgan fingerprint density at radius 1 is 1.39 bits per heavy atom. The van der Waals surface area contributed by atoms with Crippen molar-refractivity contribution in [2.24, 2.45) is 11.8 Å². The standard InChI is InChI=1S/C14H20N2O.ClH/c1-9-4-5-13(10(2)6-9)16-14(17)11(3)12-7-15-8-12;/h4-6,11-12,15H,7-8H2,1-3H3,(H,16,17);1H. The van der Waals surface area contributed by atoms with Crippen LogP contribution in [-0.4, -0.2) is 19.0 Å². The van der Waals surface area contributed by atoms with Gasteiger partial charge in [-0.05, 0) is 44.5 Å². The quantitative estimate of drug-likeness (QED) is 0.885. The highest BCUT2D eigenvalue weighted by Crippen LogP contribution is 2.20. The fourth-order valence-electron chi connectivity index (χ4n) is 2.08. The Morgan fingerprint density at radius 3 is 2.56 bits per heavy atom. The van der Waals surface area contributed by atoms with Crippen LogP contribution in [0, 0.1) is 25.7 Å². The van der Waals surface area contributed by atoms with E-state index in [2.05, 4.69) is 23.6 Å².